The summed E-state index contributed by atoms with van der Waals surface area (Å²) in [5, 5.41) is 30.5. The van der Waals surface area contributed by atoms with Gasteiger partial charge in [0.05, 0.1) is 66.2 Å². The van der Waals surface area contributed by atoms with Crippen LogP contribution in [0, 0.1) is 22.7 Å². The second-order valence-electron chi connectivity index (χ2n) is 9.54. The number of aromatic nitrogens is 4. The lowest BCUT2D eigenvalue weighted by Crippen LogP contribution is -2.65. The Morgan fingerprint density at radius 1 is 1.21 bits per heavy atom. The van der Waals surface area contributed by atoms with E-state index >= 15 is 0 Å². The van der Waals surface area contributed by atoms with Crippen molar-refractivity contribution in [3.05, 3.63) is 34.6 Å². The molecule has 0 amide bonds. The highest BCUT2D eigenvalue weighted by molar-refractivity contribution is 6.36. The molecule has 0 spiro atoms. The van der Waals surface area contributed by atoms with E-state index in [0.717, 1.165) is 38.4 Å². The number of piperidine rings is 1. The van der Waals surface area contributed by atoms with Crippen molar-refractivity contribution in [2.45, 2.75) is 31.5 Å². The van der Waals surface area contributed by atoms with Gasteiger partial charge in [-0.05, 0) is 25.5 Å². The van der Waals surface area contributed by atoms with Crippen LogP contribution in [0.1, 0.15) is 24.6 Å². The maximum absolute atomic E-state index is 9.78. The molecule has 12 nitrogen and oxygen atoms in total. The Balaban J connectivity index is 1.30. The highest BCUT2D eigenvalue weighted by atomic mass is 35.5. The molecule has 5 heterocycles. The van der Waals surface area contributed by atoms with Crippen LogP contribution in [-0.2, 0) is 9.47 Å². The summed E-state index contributed by atoms with van der Waals surface area (Å²) in [6, 6.07) is 8.63. The number of morpholine rings is 1. The number of benzene rings is 1. The van der Waals surface area contributed by atoms with Crippen molar-refractivity contribution in [3.63, 3.8) is 0 Å². The zero-order valence-electron chi connectivity index (χ0n) is 20.9. The van der Waals surface area contributed by atoms with E-state index in [1.807, 2.05) is 13.0 Å². The molecule has 2 aromatic heterocycles. The van der Waals surface area contributed by atoms with Crippen LogP contribution in [0.25, 0.3) is 5.65 Å². The molecule has 196 valence electrons. The molecule has 2 N–H and O–H groups in total. The molecule has 3 fully saturated rings. The van der Waals surface area contributed by atoms with E-state index in [0.29, 0.717) is 59.5 Å². The van der Waals surface area contributed by atoms with Crippen LogP contribution in [0.4, 0.5) is 23.1 Å². The number of halogens is 1. The van der Waals surface area contributed by atoms with Crippen molar-refractivity contribution >= 4 is 40.4 Å². The van der Waals surface area contributed by atoms with Gasteiger partial charge in [-0.15, -0.1) is 5.10 Å². The zero-order chi connectivity index (χ0) is 26.2. The number of nitrogens with one attached hydrogen (secondary N) is 2. The fourth-order valence-corrected chi connectivity index (χ4v) is 5.70. The Morgan fingerprint density at radius 3 is 2.82 bits per heavy atom. The van der Waals surface area contributed by atoms with Gasteiger partial charge in [0.1, 0.15) is 6.07 Å². The van der Waals surface area contributed by atoms with Crippen molar-refractivity contribution in [3.8, 4) is 12.1 Å². The SMILES string of the molecule is CCNc1nc(Nc2cc(C#N)cc(N3CC[C@@H]4[C@@H](C3)OCCN4C3COC3)c2Cl)nn2c(C#N)cnc12. The van der Waals surface area contributed by atoms with Crippen LogP contribution in [-0.4, -0.2) is 88.7 Å². The third kappa shape index (κ3) is 4.36. The van der Waals surface area contributed by atoms with Crippen LogP contribution in [0.15, 0.2) is 18.3 Å². The maximum Gasteiger partial charge on any atom is 0.247 e. The topological polar surface area (TPSA) is 140 Å². The van der Waals surface area contributed by atoms with Crippen LogP contribution < -0.4 is 15.5 Å². The summed E-state index contributed by atoms with van der Waals surface area (Å²) >= 11 is 6.94. The summed E-state index contributed by atoms with van der Waals surface area (Å²) < 4.78 is 13.0. The molecular formula is C25H27ClN10O2. The maximum atomic E-state index is 9.78. The average molecular weight is 535 g/mol. The predicted octanol–water partition coefficient (Wildman–Crippen LogP) is 2.37. The lowest BCUT2D eigenvalue weighted by atomic mass is 9.95. The first-order valence-corrected chi connectivity index (χ1v) is 13.1. The molecule has 0 radical (unpaired) electrons. The summed E-state index contributed by atoms with van der Waals surface area (Å²) in [5.74, 6) is 0.704. The Labute approximate surface area is 224 Å². The minimum atomic E-state index is 0.0513. The highest BCUT2D eigenvalue weighted by Crippen LogP contribution is 2.38. The Morgan fingerprint density at radius 2 is 2.08 bits per heavy atom. The third-order valence-electron chi connectivity index (χ3n) is 7.31. The van der Waals surface area contributed by atoms with E-state index in [4.69, 9.17) is 21.1 Å². The van der Waals surface area contributed by atoms with Crippen LogP contribution >= 0.6 is 11.6 Å². The molecule has 3 saturated heterocycles. The third-order valence-corrected chi connectivity index (χ3v) is 7.71. The summed E-state index contributed by atoms with van der Waals surface area (Å²) in [6.07, 6.45) is 2.43. The average Bonchev–Trinajstić information content (AvgIpc) is 3.32. The summed E-state index contributed by atoms with van der Waals surface area (Å²) in [5.41, 5.74) is 2.44. The van der Waals surface area contributed by atoms with E-state index in [1.165, 1.54) is 10.7 Å². The molecule has 0 bridgehead atoms. The van der Waals surface area contributed by atoms with Gasteiger partial charge in [0.25, 0.3) is 0 Å². The monoisotopic (exact) mass is 534 g/mol. The molecule has 3 aromatic rings. The molecule has 13 heteroatoms. The molecule has 2 atom stereocenters. The summed E-state index contributed by atoms with van der Waals surface area (Å²) in [7, 11) is 0. The molecule has 1 aromatic carbocycles. The second-order valence-corrected chi connectivity index (χ2v) is 9.92. The first-order valence-electron chi connectivity index (χ1n) is 12.7. The van der Waals surface area contributed by atoms with Crippen molar-refractivity contribution in [1.82, 2.24) is 24.5 Å². The van der Waals surface area contributed by atoms with Gasteiger partial charge in [-0.1, -0.05) is 11.6 Å². The smallest absolute Gasteiger partial charge is 0.247 e. The van der Waals surface area contributed by atoms with Crippen molar-refractivity contribution in [2.24, 2.45) is 0 Å². The molecule has 0 unspecified atom stereocenters. The second kappa shape index (κ2) is 10.2. The number of ether oxygens (including phenoxy) is 2. The number of hydrogen-bond donors (Lipinski definition) is 2. The van der Waals surface area contributed by atoms with Gasteiger partial charge in [0, 0.05) is 32.2 Å². The molecular weight excluding hydrogens is 508 g/mol. The fourth-order valence-electron chi connectivity index (χ4n) is 5.42. The molecule has 0 aliphatic carbocycles. The predicted molar refractivity (Wildman–Crippen MR) is 141 cm³/mol. The quantitative estimate of drug-likeness (QED) is 0.481. The van der Waals surface area contributed by atoms with Gasteiger partial charge < -0.3 is 25.0 Å². The van der Waals surface area contributed by atoms with E-state index in [1.54, 1.807) is 6.07 Å². The van der Waals surface area contributed by atoms with Gasteiger partial charge in [-0.3, -0.25) is 4.90 Å². The first-order chi connectivity index (χ1) is 18.6. The van der Waals surface area contributed by atoms with Crippen molar-refractivity contribution < 1.29 is 9.47 Å². The molecule has 3 aliphatic rings. The summed E-state index contributed by atoms with van der Waals surface area (Å²) in [6.45, 7) is 7.21. The summed E-state index contributed by atoms with van der Waals surface area (Å²) in [4.78, 5) is 13.5. The van der Waals surface area contributed by atoms with Crippen molar-refractivity contribution in [2.75, 3.05) is 61.5 Å². The largest absolute Gasteiger partial charge is 0.378 e. The molecule has 3 aliphatic heterocycles. The van der Waals surface area contributed by atoms with E-state index in [-0.39, 0.29) is 17.7 Å². The normalized spacial score (nSPS) is 21.8. The molecule has 38 heavy (non-hydrogen) atoms. The van der Waals surface area contributed by atoms with E-state index < -0.39 is 0 Å². The molecule has 6 rings (SSSR count). The van der Waals surface area contributed by atoms with Gasteiger partial charge in [-0.2, -0.15) is 20.0 Å². The van der Waals surface area contributed by atoms with Crippen LogP contribution in [0.3, 0.4) is 0 Å². The Bertz CT molecular complexity index is 1440. The van der Waals surface area contributed by atoms with Gasteiger partial charge in [-0.25, -0.2) is 4.98 Å². The number of rotatable bonds is 6. The van der Waals surface area contributed by atoms with E-state index in [9.17, 15) is 10.5 Å². The van der Waals surface area contributed by atoms with Crippen LogP contribution in [0.2, 0.25) is 5.02 Å². The van der Waals surface area contributed by atoms with Crippen molar-refractivity contribution in [1.29, 1.82) is 10.5 Å². The van der Waals surface area contributed by atoms with Crippen LogP contribution in [0.5, 0.6) is 0 Å². The lowest BCUT2D eigenvalue weighted by molar-refractivity contribution is -0.146. The number of hydrogen-bond acceptors (Lipinski definition) is 11. The molecule has 0 saturated carbocycles. The standard InChI is InChI=1S/C25H27ClN10O2/c1-2-29-23-24-30-11-16(10-28)36(24)33-25(32-23)31-18-7-15(9-27)8-20(22(18)26)34-4-3-19-21(12-34)38-6-5-35(19)17-13-37-14-17/h7-8,11,17,19,21H,2-6,12-14H2,1H3,(H2,29,31,32,33)/t19-,21-/m1/s1. The zero-order valence-corrected chi connectivity index (χ0v) is 21.6. The van der Waals surface area contributed by atoms with Gasteiger partial charge in [0.2, 0.25) is 5.95 Å². The number of nitriles is 2. The highest BCUT2D eigenvalue weighted by Gasteiger charge is 2.42. The number of nitrogens with zero attached hydrogens (tertiary/aromatic N) is 8. The first kappa shape index (κ1) is 24.6. The Hall–Kier alpha value is -3.68. The number of anilines is 4. The lowest BCUT2D eigenvalue weighted by Gasteiger charge is -2.51. The minimum absolute atomic E-state index is 0.0513. The Kier molecular flexibility index (Phi) is 6.64. The van der Waals surface area contributed by atoms with Gasteiger partial charge in [0.15, 0.2) is 17.2 Å². The fraction of sp³-hybridized carbons (Fsp3) is 0.480. The minimum Gasteiger partial charge on any atom is -0.378 e. The number of fused-ring (bicyclic) bond motifs is 2. The van der Waals surface area contributed by atoms with Gasteiger partial charge >= 0.3 is 0 Å². The number of imidazole rings is 1. The van der Waals surface area contributed by atoms with E-state index in [2.05, 4.69) is 47.6 Å².